The van der Waals surface area contributed by atoms with Crippen LogP contribution in [0, 0.1) is 0 Å². The highest BCUT2D eigenvalue weighted by Crippen LogP contribution is 2.39. The van der Waals surface area contributed by atoms with Crippen molar-refractivity contribution in [2.24, 2.45) is 5.73 Å². The summed E-state index contributed by atoms with van der Waals surface area (Å²) >= 11 is 6.08. The lowest BCUT2D eigenvalue weighted by molar-refractivity contribution is -0.144. The van der Waals surface area contributed by atoms with Crippen LogP contribution in [0.4, 0.5) is 11.4 Å². The van der Waals surface area contributed by atoms with Crippen molar-refractivity contribution < 1.29 is 27.5 Å². The largest absolute Gasteiger partial charge is 0.454 e. The van der Waals surface area contributed by atoms with Gasteiger partial charge in [-0.2, -0.15) is 0 Å². The zero-order chi connectivity index (χ0) is 28.5. The van der Waals surface area contributed by atoms with Crippen molar-refractivity contribution in [1.29, 1.82) is 0 Å². The fourth-order valence-electron chi connectivity index (χ4n) is 5.16. The smallest absolute Gasteiger partial charge is 0.243 e. The van der Waals surface area contributed by atoms with Crippen LogP contribution < -0.4 is 24.8 Å². The highest BCUT2D eigenvalue weighted by atomic mass is 35.5. The molecule has 3 aromatic carbocycles. The third kappa shape index (κ3) is 5.52. The Kier molecular flexibility index (Phi) is 7.52. The lowest BCUT2D eigenvalue weighted by Gasteiger charge is -2.41. The molecule has 0 radical (unpaired) electrons. The summed E-state index contributed by atoms with van der Waals surface area (Å²) in [6.45, 7) is 1.49. The number of nitrogens with zero attached hydrogens (tertiary/aromatic N) is 2. The molecule has 5 rings (SSSR count). The normalized spacial score (nSPS) is 16.4. The number of benzene rings is 3. The minimum atomic E-state index is -3.48. The number of ether oxygens (including phenoxy) is 2. The molecule has 210 valence electrons. The molecule has 40 heavy (non-hydrogen) atoms. The number of primary amides is 1. The molecule has 12 heteroatoms. The van der Waals surface area contributed by atoms with E-state index in [0.717, 1.165) is 6.26 Å². The van der Waals surface area contributed by atoms with Crippen LogP contribution in [-0.2, 0) is 31.4 Å². The van der Waals surface area contributed by atoms with E-state index >= 15 is 0 Å². The zero-order valence-corrected chi connectivity index (χ0v) is 23.4. The van der Waals surface area contributed by atoms with Crippen molar-refractivity contribution in [2.75, 3.05) is 48.8 Å². The third-order valence-corrected chi connectivity index (χ3v) is 7.98. The van der Waals surface area contributed by atoms with Crippen molar-refractivity contribution in [1.82, 2.24) is 4.90 Å². The van der Waals surface area contributed by atoms with Crippen LogP contribution in [0.2, 0.25) is 5.02 Å². The van der Waals surface area contributed by atoms with Crippen LogP contribution in [0.1, 0.15) is 11.1 Å². The monoisotopic (exact) mass is 584 g/mol. The number of nitrogens with two attached hydrogens (primary N) is 1. The molecule has 1 fully saturated rings. The molecule has 2 aliphatic rings. The Bertz CT molecular complexity index is 1540. The van der Waals surface area contributed by atoms with Gasteiger partial charge in [0, 0.05) is 31.2 Å². The van der Waals surface area contributed by atoms with Crippen molar-refractivity contribution in [3.63, 3.8) is 0 Å². The molecule has 1 atom stereocenters. The number of anilines is 2. The topological polar surface area (TPSA) is 131 Å². The quantitative estimate of drug-likeness (QED) is 0.389. The molecule has 0 aliphatic carbocycles. The minimum absolute atomic E-state index is 0.0271. The van der Waals surface area contributed by atoms with Crippen molar-refractivity contribution in [3.8, 4) is 11.5 Å². The summed E-state index contributed by atoms with van der Waals surface area (Å²) < 4.78 is 37.3. The third-order valence-electron chi connectivity index (χ3n) is 7.14. The van der Waals surface area contributed by atoms with E-state index in [2.05, 4.69) is 4.72 Å². The van der Waals surface area contributed by atoms with E-state index in [9.17, 15) is 18.0 Å². The Hall–Kier alpha value is -3.96. The number of sulfonamides is 1. The molecule has 2 heterocycles. The number of piperazine rings is 1. The molecule has 3 aromatic rings. The number of hydrogen-bond acceptors (Lipinski definition) is 7. The van der Waals surface area contributed by atoms with Gasteiger partial charge in [-0.25, -0.2) is 8.42 Å². The predicted octanol–water partition coefficient (Wildman–Crippen LogP) is 2.75. The number of nitrogens with one attached hydrogen (secondary N) is 1. The Morgan fingerprint density at radius 3 is 2.33 bits per heavy atom. The van der Waals surface area contributed by atoms with Gasteiger partial charge in [0.15, 0.2) is 16.9 Å². The standard InChI is InChI=1S/C28H29ClN4O6S/c1-40(36,37)31-22-4-2-3-5-23(22)32-12-14-33(15-13-32)27(35)28(26(30)34,17-19-6-9-21(29)10-7-19)20-8-11-24-25(16-20)39-18-38-24/h2-11,16,31H,12-15,17-18H2,1H3,(H2,30,34)/t28-/m1/s1. The highest BCUT2D eigenvalue weighted by molar-refractivity contribution is 7.92. The first-order valence-corrected chi connectivity index (χ1v) is 14.9. The van der Waals surface area contributed by atoms with Gasteiger partial charge in [0.25, 0.3) is 0 Å². The molecular weight excluding hydrogens is 556 g/mol. The average Bonchev–Trinajstić information content (AvgIpc) is 3.40. The molecule has 2 aliphatic heterocycles. The van der Waals surface area contributed by atoms with E-state index in [4.69, 9.17) is 26.8 Å². The summed E-state index contributed by atoms with van der Waals surface area (Å²) in [5.41, 5.74) is 6.65. The van der Waals surface area contributed by atoms with Gasteiger partial charge < -0.3 is 25.0 Å². The molecule has 0 unspecified atom stereocenters. The van der Waals surface area contributed by atoms with Gasteiger partial charge in [0.2, 0.25) is 28.6 Å². The van der Waals surface area contributed by atoms with Crippen molar-refractivity contribution >= 4 is 44.8 Å². The molecule has 3 N–H and O–H groups in total. The van der Waals surface area contributed by atoms with Crippen LogP contribution in [0.3, 0.4) is 0 Å². The molecule has 10 nitrogen and oxygen atoms in total. The van der Waals surface area contributed by atoms with E-state index < -0.39 is 27.3 Å². The van der Waals surface area contributed by atoms with E-state index in [0.29, 0.717) is 65.2 Å². The van der Waals surface area contributed by atoms with Crippen LogP contribution in [0.5, 0.6) is 11.5 Å². The molecule has 0 aromatic heterocycles. The van der Waals surface area contributed by atoms with Gasteiger partial charge in [-0.3, -0.25) is 14.3 Å². The molecule has 0 spiro atoms. The molecule has 0 saturated carbocycles. The second-order valence-electron chi connectivity index (χ2n) is 9.81. The Labute approximate surface area is 237 Å². The summed E-state index contributed by atoms with van der Waals surface area (Å²) in [5.74, 6) is -0.240. The summed E-state index contributed by atoms with van der Waals surface area (Å²) in [5, 5.41) is 0.532. The van der Waals surface area contributed by atoms with Gasteiger partial charge >= 0.3 is 0 Å². The highest BCUT2D eigenvalue weighted by Gasteiger charge is 2.49. The first-order valence-electron chi connectivity index (χ1n) is 12.6. The lowest BCUT2D eigenvalue weighted by atomic mass is 9.73. The molecule has 1 saturated heterocycles. The number of rotatable bonds is 8. The molecular formula is C28H29ClN4O6S. The summed E-state index contributed by atoms with van der Waals surface area (Å²) in [6, 6.07) is 19.0. The second kappa shape index (κ2) is 10.9. The number of halogens is 1. The van der Waals surface area contributed by atoms with E-state index in [1.807, 2.05) is 17.0 Å². The minimum Gasteiger partial charge on any atom is -0.454 e. The number of carbonyl (C=O) groups is 2. The predicted molar refractivity (Wildman–Crippen MR) is 152 cm³/mol. The van der Waals surface area contributed by atoms with Crippen LogP contribution in [0.25, 0.3) is 0 Å². The van der Waals surface area contributed by atoms with E-state index in [1.165, 1.54) is 0 Å². The van der Waals surface area contributed by atoms with Gasteiger partial charge in [-0.1, -0.05) is 41.9 Å². The van der Waals surface area contributed by atoms with Gasteiger partial charge in [0.1, 0.15) is 0 Å². The van der Waals surface area contributed by atoms with Crippen LogP contribution >= 0.6 is 11.6 Å². The van der Waals surface area contributed by atoms with E-state index in [-0.39, 0.29) is 13.2 Å². The molecule has 2 amide bonds. The summed E-state index contributed by atoms with van der Waals surface area (Å²) in [4.78, 5) is 31.3. The van der Waals surface area contributed by atoms with Gasteiger partial charge in [-0.15, -0.1) is 0 Å². The Morgan fingerprint density at radius 2 is 1.65 bits per heavy atom. The first kappa shape index (κ1) is 27.6. The number of hydrogen-bond donors (Lipinski definition) is 2. The Balaban J connectivity index is 1.46. The number of fused-ring (bicyclic) bond motifs is 1. The van der Waals surface area contributed by atoms with Gasteiger partial charge in [0.05, 0.1) is 17.6 Å². The van der Waals surface area contributed by atoms with Crippen LogP contribution in [0.15, 0.2) is 66.7 Å². The van der Waals surface area contributed by atoms with Crippen molar-refractivity contribution in [3.05, 3.63) is 82.9 Å². The van der Waals surface area contributed by atoms with E-state index in [1.54, 1.807) is 59.5 Å². The summed E-state index contributed by atoms with van der Waals surface area (Å²) in [7, 11) is -3.48. The Morgan fingerprint density at radius 1 is 0.975 bits per heavy atom. The fraction of sp³-hybridized carbons (Fsp3) is 0.286. The zero-order valence-electron chi connectivity index (χ0n) is 21.8. The first-order chi connectivity index (χ1) is 19.1. The number of para-hydroxylation sites is 2. The maximum absolute atomic E-state index is 14.3. The lowest BCUT2D eigenvalue weighted by Crippen LogP contribution is -2.59. The number of carbonyl (C=O) groups excluding carboxylic acids is 2. The SMILES string of the molecule is CS(=O)(=O)Nc1ccccc1N1CCN(C(=O)[C@@](Cc2ccc(Cl)cc2)(C(N)=O)c2ccc3c(c2)OCO3)CC1. The summed E-state index contributed by atoms with van der Waals surface area (Å²) in [6.07, 6.45) is 1.12. The van der Waals surface area contributed by atoms with Crippen LogP contribution in [-0.4, -0.2) is 64.4 Å². The van der Waals surface area contributed by atoms with Gasteiger partial charge in [-0.05, 0) is 53.9 Å². The maximum atomic E-state index is 14.3. The fourth-order valence-corrected chi connectivity index (χ4v) is 5.86. The second-order valence-corrected chi connectivity index (χ2v) is 12.0. The van der Waals surface area contributed by atoms with Crippen molar-refractivity contribution in [2.45, 2.75) is 11.8 Å². The number of amides is 2. The maximum Gasteiger partial charge on any atom is 0.243 e. The molecule has 0 bridgehead atoms. The average molecular weight is 585 g/mol.